The van der Waals surface area contributed by atoms with Crippen LogP contribution in [-0.4, -0.2) is 23.1 Å². The number of rotatable bonds is 5. The van der Waals surface area contributed by atoms with Crippen LogP contribution in [0, 0.1) is 6.92 Å². The van der Waals surface area contributed by atoms with Gasteiger partial charge in [-0.2, -0.15) is 0 Å². The highest BCUT2D eigenvalue weighted by Gasteiger charge is 2.11. The second-order valence-electron chi connectivity index (χ2n) is 4.88. The van der Waals surface area contributed by atoms with Crippen LogP contribution in [0.25, 0.3) is 0 Å². The Balaban J connectivity index is 2.16. The lowest BCUT2D eigenvalue weighted by Crippen LogP contribution is -2.23. The Labute approximate surface area is 118 Å². The molecule has 1 unspecified atom stereocenters. The summed E-state index contributed by atoms with van der Waals surface area (Å²) < 4.78 is 0. The molecule has 0 saturated carbocycles. The van der Waals surface area contributed by atoms with Crippen LogP contribution in [0.1, 0.15) is 23.2 Å². The fourth-order valence-corrected chi connectivity index (χ4v) is 2.68. The molecule has 102 valence electrons. The van der Waals surface area contributed by atoms with E-state index < -0.39 is 0 Å². The Hall–Kier alpha value is -1.46. The van der Waals surface area contributed by atoms with Crippen molar-refractivity contribution in [2.75, 3.05) is 11.9 Å². The second-order valence-corrected chi connectivity index (χ2v) is 5.94. The first-order chi connectivity index (χ1) is 9.06. The van der Waals surface area contributed by atoms with Crippen LogP contribution in [0.2, 0.25) is 0 Å². The summed E-state index contributed by atoms with van der Waals surface area (Å²) in [5.74, 6) is 0.991. The van der Waals surface area contributed by atoms with E-state index in [9.17, 15) is 0 Å². The Bertz CT molecular complexity index is 536. The van der Waals surface area contributed by atoms with Gasteiger partial charge in [0.1, 0.15) is 5.82 Å². The summed E-state index contributed by atoms with van der Waals surface area (Å²) in [7, 11) is 2.04. The van der Waals surface area contributed by atoms with E-state index in [1.165, 1.54) is 5.56 Å². The first-order valence-corrected chi connectivity index (χ1v) is 7.26. The summed E-state index contributed by atoms with van der Waals surface area (Å²) in [6, 6.07) is 4.19. The average Bonchev–Trinajstić information content (AvgIpc) is 2.74. The van der Waals surface area contributed by atoms with Gasteiger partial charge in [0, 0.05) is 24.7 Å². The maximum Gasteiger partial charge on any atom is 0.131 e. The van der Waals surface area contributed by atoms with E-state index >= 15 is 0 Å². The maximum atomic E-state index is 5.89. The second kappa shape index (κ2) is 6.12. The van der Waals surface area contributed by atoms with Crippen molar-refractivity contribution < 1.29 is 0 Å². The van der Waals surface area contributed by atoms with Crippen molar-refractivity contribution in [2.45, 2.75) is 32.9 Å². The summed E-state index contributed by atoms with van der Waals surface area (Å²) >= 11 is 1.68. The molecule has 19 heavy (non-hydrogen) atoms. The highest BCUT2D eigenvalue weighted by Crippen LogP contribution is 2.20. The summed E-state index contributed by atoms with van der Waals surface area (Å²) in [6.45, 7) is 4.81. The number of thiazole rings is 1. The minimum absolute atomic E-state index is 0.137. The Morgan fingerprint density at radius 3 is 2.89 bits per heavy atom. The lowest BCUT2D eigenvalue weighted by Gasteiger charge is -2.21. The highest BCUT2D eigenvalue weighted by atomic mass is 32.1. The van der Waals surface area contributed by atoms with E-state index in [0.717, 1.165) is 29.5 Å². The zero-order chi connectivity index (χ0) is 13.8. The van der Waals surface area contributed by atoms with E-state index in [0.29, 0.717) is 0 Å². The molecular formula is C14H20N4S. The average molecular weight is 276 g/mol. The Morgan fingerprint density at radius 1 is 1.47 bits per heavy atom. The van der Waals surface area contributed by atoms with Gasteiger partial charge in [-0.05, 0) is 31.9 Å². The number of aromatic nitrogens is 2. The third kappa shape index (κ3) is 3.75. The summed E-state index contributed by atoms with van der Waals surface area (Å²) in [6.07, 6.45) is 2.66. The van der Waals surface area contributed by atoms with E-state index in [2.05, 4.69) is 26.3 Å². The van der Waals surface area contributed by atoms with Crippen molar-refractivity contribution in [1.29, 1.82) is 0 Å². The Morgan fingerprint density at radius 2 is 2.26 bits per heavy atom. The third-order valence-electron chi connectivity index (χ3n) is 2.84. The van der Waals surface area contributed by atoms with Crippen molar-refractivity contribution in [2.24, 2.45) is 5.73 Å². The van der Waals surface area contributed by atoms with Crippen LogP contribution in [0.15, 0.2) is 23.7 Å². The van der Waals surface area contributed by atoms with Gasteiger partial charge in [0.2, 0.25) is 0 Å². The van der Waals surface area contributed by atoms with E-state index in [4.69, 9.17) is 5.73 Å². The smallest absolute Gasteiger partial charge is 0.131 e. The summed E-state index contributed by atoms with van der Waals surface area (Å²) in [5.41, 5.74) is 8.16. The maximum absolute atomic E-state index is 5.89. The first kappa shape index (κ1) is 14.0. The molecule has 0 aliphatic heterocycles. The molecule has 0 radical (unpaired) electrons. The normalized spacial score (nSPS) is 12.4. The van der Waals surface area contributed by atoms with Gasteiger partial charge in [-0.15, -0.1) is 11.3 Å². The number of nitrogens with two attached hydrogens (primary N) is 1. The molecule has 0 fully saturated rings. The number of hydrogen-bond donors (Lipinski definition) is 1. The number of aryl methyl sites for hydroxylation is 1. The van der Waals surface area contributed by atoms with Crippen molar-refractivity contribution in [3.63, 3.8) is 0 Å². The molecule has 0 spiro atoms. The van der Waals surface area contributed by atoms with Crippen LogP contribution in [0.5, 0.6) is 0 Å². The molecule has 2 N–H and O–H groups in total. The molecule has 0 amide bonds. The molecule has 2 aromatic heterocycles. The molecular weight excluding hydrogens is 256 g/mol. The summed E-state index contributed by atoms with van der Waals surface area (Å²) in [4.78, 5) is 11.1. The predicted octanol–water partition coefficient (Wildman–Crippen LogP) is 2.37. The lowest BCUT2D eigenvalue weighted by molar-refractivity contribution is 0.729. The largest absolute Gasteiger partial charge is 0.354 e. The summed E-state index contributed by atoms with van der Waals surface area (Å²) in [5, 5.41) is 3.19. The van der Waals surface area contributed by atoms with Crippen LogP contribution in [0.3, 0.4) is 0 Å². The van der Waals surface area contributed by atoms with Crippen molar-refractivity contribution >= 4 is 17.2 Å². The fourth-order valence-electron chi connectivity index (χ4n) is 2.08. The third-order valence-corrected chi connectivity index (χ3v) is 3.66. The number of anilines is 1. The van der Waals surface area contributed by atoms with Gasteiger partial charge in [-0.1, -0.05) is 6.07 Å². The molecule has 2 aromatic rings. The lowest BCUT2D eigenvalue weighted by atomic mass is 10.1. The molecule has 2 rings (SSSR count). The molecule has 2 heterocycles. The highest BCUT2D eigenvalue weighted by molar-refractivity contribution is 7.09. The minimum Gasteiger partial charge on any atom is -0.354 e. The van der Waals surface area contributed by atoms with Gasteiger partial charge in [0.15, 0.2) is 0 Å². The van der Waals surface area contributed by atoms with Gasteiger partial charge in [-0.3, -0.25) is 0 Å². The SMILES string of the molecule is Cc1nc(CN(C)c2ncccc2CC(C)N)cs1. The zero-order valence-corrected chi connectivity index (χ0v) is 12.4. The number of nitrogens with zero attached hydrogens (tertiary/aromatic N) is 3. The molecule has 0 aliphatic rings. The molecule has 0 bridgehead atoms. The monoisotopic (exact) mass is 276 g/mol. The molecule has 1 atom stereocenters. The zero-order valence-electron chi connectivity index (χ0n) is 11.6. The van der Waals surface area contributed by atoms with E-state index in [1.807, 2.05) is 33.2 Å². The minimum atomic E-state index is 0.137. The van der Waals surface area contributed by atoms with Crippen molar-refractivity contribution in [3.8, 4) is 0 Å². The fraction of sp³-hybridized carbons (Fsp3) is 0.429. The number of hydrogen-bond acceptors (Lipinski definition) is 5. The first-order valence-electron chi connectivity index (χ1n) is 6.38. The van der Waals surface area contributed by atoms with Crippen LogP contribution in [-0.2, 0) is 13.0 Å². The van der Waals surface area contributed by atoms with Gasteiger partial charge in [0.05, 0.1) is 17.2 Å². The molecule has 0 aromatic carbocycles. The van der Waals surface area contributed by atoms with Gasteiger partial charge in [-0.25, -0.2) is 9.97 Å². The van der Waals surface area contributed by atoms with Gasteiger partial charge < -0.3 is 10.6 Å². The standard InChI is InChI=1S/C14H20N4S/c1-10(15)7-12-5-4-6-16-14(12)18(3)8-13-9-19-11(2)17-13/h4-6,9-10H,7-8,15H2,1-3H3. The molecule has 4 nitrogen and oxygen atoms in total. The number of pyridine rings is 1. The quantitative estimate of drug-likeness (QED) is 0.911. The van der Waals surface area contributed by atoms with E-state index in [-0.39, 0.29) is 6.04 Å². The van der Waals surface area contributed by atoms with Gasteiger partial charge >= 0.3 is 0 Å². The molecule has 5 heteroatoms. The Kier molecular flexibility index (Phi) is 4.50. The topological polar surface area (TPSA) is 55.0 Å². The predicted molar refractivity (Wildman–Crippen MR) is 80.5 cm³/mol. The molecule has 0 aliphatic carbocycles. The van der Waals surface area contributed by atoms with Gasteiger partial charge in [0.25, 0.3) is 0 Å². The van der Waals surface area contributed by atoms with Crippen molar-refractivity contribution in [1.82, 2.24) is 9.97 Å². The van der Waals surface area contributed by atoms with Crippen molar-refractivity contribution in [3.05, 3.63) is 40.0 Å². The van der Waals surface area contributed by atoms with Crippen LogP contribution >= 0.6 is 11.3 Å². The van der Waals surface area contributed by atoms with Crippen LogP contribution in [0.4, 0.5) is 5.82 Å². The molecule has 0 saturated heterocycles. The van der Waals surface area contributed by atoms with Crippen LogP contribution < -0.4 is 10.6 Å². The van der Waals surface area contributed by atoms with E-state index in [1.54, 1.807) is 11.3 Å².